The third-order valence-electron chi connectivity index (χ3n) is 9.45. The fourth-order valence-corrected chi connectivity index (χ4v) is 9.99. The topological polar surface area (TPSA) is 381 Å². The maximum Gasteiger partial charge on any atom is 0.481 e. The van der Waals surface area contributed by atoms with Gasteiger partial charge < -0.3 is 50.9 Å². The molecule has 65 heavy (non-hydrogen) atoms. The summed E-state index contributed by atoms with van der Waals surface area (Å²) in [6, 6.07) is 15.5. The summed E-state index contributed by atoms with van der Waals surface area (Å²) in [5.41, 5.74) is 5.16. The zero-order chi connectivity index (χ0) is 47.9. The molecule has 0 radical (unpaired) electrons. The number of aromatic nitrogens is 4. The van der Waals surface area contributed by atoms with E-state index in [4.69, 9.17) is 19.5 Å². The molecular formula is C36H46N7O18P3S. The normalized spacial score (nSPS) is 20.6. The number of aliphatic hydroxyl groups is 2. The second-order valence-electron chi connectivity index (χ2n) is 14.7. The lowest BCUT2D eigenvalue weighted by Gasteiger charge is -2.31. The molecule has 4 aromatic rings. The van der Waals surface area contributed by atoms with E-state index < -0.39 is 84.1 Å². The first kappa shape index (κ1) is 51.7. The van der Waals surface area contributed by atoms with E-state index in [1.807, 2.05) is 0 Å². The molecule has 10 N–H and O–H groups in total. The predicted molar refractivity (Wildman–Crippen MR) is 227 cm³/mol. The first-order valence-corrected chi connectivity index (χ1v) is 24.7. The van der Waals surface area contributed by atoms with Gasteiger partial charge in [0, 0.05) is 36.4 Å². The van der Waals surface area contributed by atoms with Crippen LogP contribution in [0.1, 0.15) is 60.8 Å². The van der Waals surface area contributed by atoms with Gasteiger partial charge in [0.1, 0.15) is 35.8 Å². The van der Waals surface area contributed by atoms with Crippen molar-refractivity contribution in [3.05, 3.63) is 83.9 Å². The minimum Gasteiger partial charge on any atom is -0.386 e. The van der Waals surface area contributed by atoms with E-state index in [9.17, 15) is 62.7 Å². The molecule has 25 nitrogen and oxygen atoms in total. The van der Waals surface area contributed by atoms with Crippen molar-refractivity contribution in [1.82, 2.24) is 30.2 Å². The minimum atomic E-state index is -5.71. The van der Waals surface area contributed by atoms with Crippen molar-refractivity contribution in [2.45, 2.75) is 69.4 Å². The molecule has 2 aromatic carbocycles. The molecule has 0 saturated carbocycles. The number of aliphatic hydroxyl groups excluding tert-OH is 2. The number of anilines is 1. The van der Waals surface area contributed by atoms with Crippen molar-refractivity contribution in [1.29, 1.82) is 0 Å². The van der Waals surface area contributed by atoms with Gasteiger partial charge in [-0.1, -0.05) is 67.2 Å². The number of fused-ring (bicyclic) bond motifs is 1. The molecule has 1 fully saturated rings. The number of nitrogens with two attached hydrogens (primary N) is 1. The van der Waals surface area contributed by atoms with Gasteiger partial charge in [-0.2, -0.15) is 4.31 Å². The highest BCUT2D eigenvalue weighted by atomic mass is 32.2. The molecule has 0 spiro atoms. The van der Waals surface area contributed by atoms with Crippen molar-refractivity contribution >= 4 is 74.9 Å². The second kappa shape index (κ2) is 21.5. The Bertz CT molecular complexity index is 2510. The van der Waals surface area contributed by atoms with Crippen LogP contribution in [0.2, 0.25) is 0 Å². The van der Waals surface area contributed by atoms with Crippen LogP contribution in [0.4, 0.5) is 5.82 Å². The summed E-state index contributed by atoms with van der Waals surface area (Å²) in [5, 5.41) is 26.2. The van der Waals surface area contributed by atoms with E-state index in [1.54, 1.807) is 61.5 Å². The molecule has 8 atom stereocenters. The SMILES string of the molecule is CC(C(=O)SCCNC(=O)CCNC(=O)C(O)C(C)(C)OP(=O)(O)OP(=O)(O)OC[C@@H]1O[C@H](n2cnc3c(N)ncnc32)[C@@H](O)[C@H]1OP(=O)(O)O)c1cccc(C(=O)c2ccccc2)c1. The number of ketones is 1. The Morgan fingerprint density at radius 3 is 2.34 bits per heavy atom. The number of thioether (sulfide) groups is 1. The van der Waals surface area contributed by atoms with Crippen molar-refractivity contribution in [2.75, 3.05) is 31.2 Å². The lowest BCUT2D eigenvalue weighted by Crippen LogP contribution is -2.49. The molecule has 0 bridgehead atoms. The number of ether oxygens (including phenoxy) is 1. The number of carbonyl (C=O) groups is 4. The number of carbonyl (C=O) groups excluding carboxylic acids is 4. The highest BCUT2D eigenvalue weighted by Gasteiger charge is 2.51. The molecule has 29 heteroatoms. The standard InChI is InChI=1S/C36H46N7O18P3S/c1-20(22-10-7-11-23(16-22)27(45)21-8-5-4-6-9-21)35(49)65-15-14-38-25(44)12-13-39-33(48)30(47)36(2,3)60-64(55,56)61-63(53,54)57-17-24-29(59-62(50,51)52)28(46)34(58-24)43-19-42-26-31(37)40-18-41-32(26)43/h4-11,16,18-20,24,28-30,34,46-47H,12-15,17H2,1-3H3,(H,38,44)(H,39,48)(H,53,54)(H,55,56)(H2,37,40,41)(H2,50,51,52)/t20?,24-,28-,29-,30?,34-/m0/s1. The number of hydrogen-bond donors (Lipinski definition) is 9. The fraction of sp³-hybridized carbons (Fsp3) is 0.417. The smallest absolute Gasteiger partial charge is 0.386 e. The molecule has 5 rings (SSSR count). The number of phosphoric acid groups is 3. The summed E-state index contributed by atoms with van der Waals surface area (Å²) in [6.07, 6.45) is -7.54. The van der Waals surface area contributed by atoms with Gasteiger partial charge in [-0.25, -0.2) is 28.6 Å². The van der Waals surface area contributed by atoms with Crippen LogP contribution in [0, 0.1) is 0 Å². The van der Waals surface area contributed by atoms with Gasteiger partial charge in [-0.15, -0.1) is 0 Å². The molecular weight excluding hydrogens is 943 g/mol. The van der Waals surface area contributed by atoms with Crippen LogP contribution in [0.15, 0.2) is 67.3 Å². The van der Waals surface area contributed by atoms with E-state index >= 15 is 0 Å². The van der Waals surface area contributed by atoms with Gasteiger partial charge in [0.15, 0.2) is 34.7 Å². The highest BCUT2D eigenvalue weighted by molar-refractivity contribution is 8.13. The monoisotopic (exact) mass is 989 g/mol. The van der Waals surface area contributed by atoms with Gasteiger partial charge in [0.25, 0.3) is 5.91 Å². The first-order valence-electron chi connectivity index (χ1n) is 19.2. The third kappa shape index (κ3) is 14.1. The van der Waals surface area contributed by atoms with Gasteiger partial charge in [0.05, 0.1) is 18.9 Å². The average Bonchev–Trinajstić information content (AvgIpc) is 3.80. The fourth-order valence-electron chi connectivity index (χ4n) is 6.22. The van der Waals surface area contributed by atoms with Crippen LogP contribution in [-0.2, 0) is 50.7 Å². The second-order valence-corrected chi connectivity index (χ2v) is 20.0. The van der Waals surface area contributed by atoms with Gasteiger partial charge in [-0.05, 0) is 25.5 Å². The molecule has 3 heterocycles. The molecule has 1 saturated heterocycles. The Kier molecular flexibility index (Phi) is 17.1. The lowest BCUT2D eigenvalue weighted by atomic mass is 9.96. The third-order valence-corrected chi connectivity index (χ3v) is 13.8. The van der Waals surface area contributed by atoms with Crippen LogP contribution in [0.3, 0.4) is 0 Å². The Balaban J connectivity index is 1.04. The molecule has 2 aromatic heterocycles. The van der Waals surface area contributed by atoms with Crippen LogP contribution in [0.5, 0.6) is 0 Å². The number of nitrogen functional groups attached to an aromatic ring is 1. The summed E-state index contributed by atoms with van der Waals surface area (Å²) < 4.78 is 62.6. The maximum absolute atomic E-state index is 12.9. The zero-order valence-electron chi connectivity index (χ0n) is 34.5. The van der Waals surface area contributed by atoms with Gasteiger partial charge in [-0.3, -0.25) is 37.3 Å². The molecule has 2 amide bonds. The van der Waals surface area contributed by atoms with Gasteiger partial charge >= 0.3 is 23.5 Å². The molecule has 354 valence electrons. The predicted octanol–water partition coefficient (Wildman–Crippen LogP) is 1.45. The highest BCUT2D eigenvalue weighted by Crippen LogP contribution is 2.62. The Morgan fingerprint density at radius 1 is 0.954 bits per heavy atom. The Labute approximate surface area is 373 Å². The van der Waals surface area contributed by atoms with Crippen molar-refractivity contribution < 1.29 is 85.3 Å². The van der Waals surface area contributed by atoms with Crippen molar-refractivity contribution in [3.8, 4) is 0 Å². The zero-order valence-corrected chi connectivity index (χ0v) is 38.0. The van der Waals surface area contributed by atoms with Crippen LogP contribution < -0.4 is 16.4 Å². The van der Waals surface area contributed by atoms with E-state index in [1.165, 1.54) is 0 Å². The summed E-state index contributed by atoms with van der Waals surface area (Å²) in [5.74, 6) is -2.29. The molecule has 1 aliphatic heterocycles. The number of phosphoric ester groups is 3. The number of benzene rings is 2. The van der Waals surface area contributed by atoms with Crippen molar-refractivity contribution in [3.63, 3.8) is 0 Å². The largest absolute Gasteiger partial charge is 0.481 e. The van der Waals surface area contributed by atoms with E-state index in [0.29, 0.717) is 16.7 Å². The van der Waals surface area contributed by atoms with Crippen molar-refractivity contribution in [2.24, 2.45) is 0 Å². The van der Waals surface area contributed by atoms with Crippen LogP contribution >= 0.6 is 35.2 Å². The van der Waals surface area contributed by atoms with E-state index in [2.05, 4.69) is 34.4 Å². The summed E-state index contributed by atoms with van der Waals surface area (Å²) >= 11 is 0.980. The number of nitrogens with one attached hydrogen (secondary N) is 2. The summed E-state index contributed by atoms with van der Waals surface area (Å²) in [4.78, 5) is 102. The summed E-state index contributed by atoms with van der Waals surface area (Å²) in [7, 11) is -16.7. The number of hydrogen-bond acceptors (Lipinski definition) is 19. The molecule has 1 aliphatic rings. The number of amides is 2. The van der Waals surface area contributed by atoms with Gasteiger partial charge in [0.2, 0.25) is 5.91 Å². The number of imidazole rings is 1. The van der Waals surface area contributed by atoms with Crippen LogP contribution in [0.25, 0.3) is 11.2 Å². The Hall–Kier alpha value is -4.33. The van der Waals surface area contributed by atoms with E-state index in [-0.39, 0.29) is 53.1 Å². The molecule has 0 aliphatic carbocycles. The summed E-state index contributed by atoms with van der Waals surface area (Å²) in [6.45, 7) is 2.21. The minimum absolute atomic E-state index is 0.0122. The maximum atomic E-state index is 12.9. The quantitative estimate of drug-likeness (QED) is 0.0306. The molecule has 4 unspecified atom stereocenters. The Morgan fingerprint density at radius 2 is 1.65 bits per heavy atom. The van der Waals surface area contributed by atoms with Crippen LogP contribution in [-0.4, -0.2) is 127 Å². The first-order chi connectivity index (χ1) is 30.4. The lowest BCUT2D eigenvalue weighted by molar-refractivity contribution is -0.140. The van der Waals surface area contributed by atoms with E-state index in [0.717, 1.165) is 42.8 Å². The average molecular weight is 990 g/mol. The number of rotatable bonds is 22. The number of nitrogens with zero attached hydrogens (tertiary/aromatic N) is 4.